The van der Waals surface area contributed by atoms with Gasteiger partial charge in [-0.15, -0.1) is 0 Å². The minimum absolute atomic E-state index is 0.173. The number of nitrogens with two attached hydrogens (primary N) is 2. The number of rotatable bonds is 12. The highest BCUT2D eigenvalue weighted by molar-refractivity contribution is 5.73. The molecule has 0 rings (SSSR count). The molecule has 0 aromatic heterocycles. The van der Waals surface area contributed by atoms with Gasteiger partial charge in [-0.25, -0.2) is 0 Å². The van der Waals surface area contributed by atoms with Crippen LogP contribution in [0, 0.1) is 0 Å². The third-order valence-electron chi connectivity index (χ3n) is 2.74. The van der Waals surface area contributed by atoms with E-state index < -0.39 is 0 Å². The van der Waals surface area contributed by atoms with Gasteiger partial charge in [0.2, 0.25) is 5.91 Å². The smallest absolute Gasteiger partial charge is 0.217 e. The maximum atomic E-state index is 10.5. The zero-order valence-corrected chi connectivity index (χ0v) is 10.3. The molecule has 0 fully saturated rings. The third kappa shape index (κ3) is 13.4. The van der Waals surface area contributed by atoms with E-state index >= 15 is 0 Å². The molecular weight excluding hydrogens is 202 g/mol. The molecule has 16 heavy (non-hydrogen) atoms. The normalized spacial score (nSPS) is 10.6. The van der Waals surface area contributed by atoms with Gasteiger partial charge in [0, 0.05) is 13.0 Å². The second kappa shape index (κ2) is 12.5. The number of hydrazine groups is 1. The number of carbonyl (C=O) groups excluding carboxylic acids is 1. The maximum absolute atomic E-state index is 10.5. The molecule has 4 heteroatoms. The third-order valence-corrected chi connectivity index (χ3v) is 2.74. The molecule has 0 radical (unpaired) electrons. The van der Waals surface area contributed by atoms with Crippen LogP contribution in [0.3, 0.4) is 0 Å². The summed E-state index contributed by atoms with van der Waals surface area (Å²) in [6.07, 6.45) is 11.5. The molecule has 5 N–H and O–H groups in total. The molecule has 0 aliphatic carbocycles. The monoisotopic (exact) mass is 229 g/mol. The first-order valence-corrected chi connectivity index (χ1v) is 6.49. The van der Waals surface area contributed by atoms with Crippen molar-refractivity contribution in [1.82, 2.24) is 5.43 Å². The van der Waals surface area contributed by atoms with Crippen LogP contribution in [0.25, 0.3) is 0 Å². The minimum Gasteiger partial charge on any atom is -0.370 e. The summed E-state index contributed by atoms with van der Waals surface area (Å²) in [6.45, 7) is 0.924. The number of unbranched alkanes of at least 4 members (excludes halogenated alkanes) is 8. The zero-order chi connectivity index (χ0) is 12.1. The van der Waals surface area contributed by atoms with Gasteiger partial charge in [0.1, 0.15) is 0 Å². The van der Waals surface area contributed by atoms with Crippen LogP contribution in [0.2, 0.25) is 0 Å². The first kappa shape index (κ1) is 15.4. The Balaban J connectivity index is 2.90. The number of nitrogens with one attached hydrogen (secondary N) is 1. The molecule has 0 aromatic rings. The molecule has 0 saturated carbocycles. The molecule has 0 bridgehead atoms. The van der Waals surface area contributed by atoms with E-state index in [1.807, 2.05) is 0 Å². The quantitative estimate of drug-likeness (QED) is 0.271. The van der Waals surface area contributed by atoms with Crippen molar-refractivity contribution in [2.75, 3.05) is 6.54 Å². The van der Waals surface area contributed by atoms with Gasteiger partial charge in [-0.3, -0.25) is 16.1 Å². The highest BCUT2D eigenvalue weighted by Crippen LogP contribution is 2.10. The number of hydrogen-bond donors (Lipinski definition) is 3. The van der Waals surface area contributed by atoms with Crippen LogP contribution in [-0.4, -0.2) is 12.5 Å². The molecular formula is C12H27N3O. The number of hydrogen-bond acceptors (Lipinski definition) is 3. The first-order valence-electron chi connectivity index (χ1n) is 6.49. The van der Waals surface area contributed by atoms with Crippen LogP contribution in [0.5, 0.6) is 0 Å². The second-order valence-corrected chi connectivity index (χ2v) is 4.35. The average Bonchev–Trinajstić information content (AvgIpc) is 2.25. The Morgan fingerprint density at radius 1 is 0.812 bits per heavy atom. The lowest BCUT2D eigenvalue weighted by molar-refractivity contribution is -0.118. The summed E-state index contributed by atoms with van der Waals surface area (Å²) in [6, 6.07) is 0. The number of amides is 1. The highest BCUT2D eigenvalue weighted by atomic mass is 16.1. The fourth-order valence-corrected chi connectivity index (χ4v) is 1.76. The van der Waals surface area contributed by atoms with E-state index in [0.29, 0.717) is 6.42 Å². The minimum atomic E-state index is -0.173. The summed E-state index contributed by atoms with van der Waals surface area (Å²) in [5.74, 6) is 5.00. The topological polar surface area (TPSA) is 81.1 Å². The summed E-state index contributed by atoms with van der Waals surface area (Å²) in [4.78, 5) is 10.5. The lowest BCUT2D eigenvalue weighted by atomic mass is 10.1. The molecule has 0 aromatic carbocycles. The van der Waals surface area contributed by atoms with Gasteiger partial charge in [-0.2, -0.15) is 0 Å². The van der Waals surface area contributed by atoms with E-state index in [1.54, 1.807) is 0 Å². The molecule has 0 saturated heterocycles. The number of carbonyl (C=O) groups is 1. The van der Waals surface area contributed by atoms with Gasteiger partial charge < -0.3 is 5.73 Å². The largest absolute Gasteiger partial charge is 0.370 e. The molecule has 0 heterocycles. The summed E-state index contributed by atoms with van der Waals surface area (Å²) in [7, 11) is 0. The van der Waals surface area contributed by atoms with Crippen molar-refractivity contribution in [3.63, 3.8) is 0 Å². The maximum Gasteiger partial charge on any atom is 0.217 e. The fourth-order valence-electron chi connectivity index (χ4n) is 1.76. The van der Waals surface area contributed by atoms with Gasteiger partial charge in [0.25, 0.3) is 0 Å². The molecule has 4 nitrogen and oxygen atoms in total. The lowest BCUT2D eigenvalue weighted by Crippen LogP contribution is -2.22. The van der Waals surface area contributed by atoms with Crippen molar-refractivity contribution < 1.29 is 4.79 Å². The van der Waals surface area contributed by atoms with Crippen LogP contribution in [0.15, 0.2) is 0 Å². The Hall–Kier alpha value is -0.610. The molecule has 0 spiro atoms. The Morgan fingerprint density at radius 3 is 1.69 bits per heavy atom. The van der Waals surface area contributed by atoms with E-state index in [1.165, 1.54) is 44.9 Å². The predicted molar refractivity (Wildman–Crippen MR) is 67.6 cm³/mol. The van der Waals surface area contributed by atoms with Crippen molar-refractivity contribution >= 4 is 5.91 Å². The highest BCUT2D eigenvalue weighted by Gasteiger charge is 1.95. The van der Waals surface area contributed by atoms with Crippen LogP contribution in [0.1, 0.15) is 64.2 Å². The summed E-state index contributed by atoms with van der Waals surface area (Å²) in [5, 5.41) is 0. The molecule has 0 unspecified atom stereocenters. The molecule has 0 atom stereocenters. The zero-order valence-electron chi connectivity index (χ0n) is 10.3. The SMILES string of the molecule is NNCCCCCCCCCCCC(N)=O. The average molecular weight is 229 g/mol. The summed E-state index contributed by atoms with van der Waals surface area (Å²) >= 11 is 0. The van der Waals surface area contributed by atoms with E-state index in [9.17, 15) is 4.79 Å². The predicted octanol–water partition coefficient (Wildman–Crippen LogP) is 1.84. The van der Waals surface area contributed by atoms with Crippen LogP contribution < -0.4 is 17.0 Å². The van der Waals surface area contributed by atoms with Gasteiger partial charge in [0.15, 0.2) is 0 Å². The molecule has 1 amide bonds. The van der Waals surface area contributed by atoms with Crippen LogP contribution in [-0.2, 0) is 4.79 Å². The van der Waals surface area contributed by atoms with Crippen LogP contribution >= 0.6 is 0 Å². The van der Waals surface area contributed by atoms with Gasteiger partial charge >= 0.3 is 0 Å². The Morgan fingerprint density at radius 2 is 1.25 bits per heavy atom. The number of primary amides is 1. The molecule has 96 valence electrons. The molecule has 0 aliphatic heterocycles. The standard InChI is InChI=1S/C12H27N3O/c13-12(16)10-8-6-4-2-1-3-5-7-9-11-15-14/h15H,1-11,14H2,(H2,13,16). The fraction of sp³-hybridized carbons (Fsp3) is 0.917. The van der Waals surface area contributed by atoms with Crippen molar-refractivity contribution in [2.24, 2.45) is 11.6 Å². The van der Waals surface area contributed by atoms with Crippen molar-refractivity contribution in [2.45, 2.75) is 64.2 Å². The van der Waals surface area contributed by atoms with Crippen molar-refractivity contribution in [1.29, 1.82) is 0 Å². The van der Waals surface area contributed by atoms with Crippen molar-refractivity contribution in [3.05, 3.63) is 0 Å². The second-order valence-electron chi connectivity index (χ2n) is 4.35. The van der Waals surface area contributed by atoms with E-state index in [0.717, 1.165) is 19.4 Å². The Bertz CT molecular complexity index is 162. The summed E-state index contributed by atoms with van der Waals surface area (Å²) in [5.41, 5.74) is 7.72. The Labute approximate surface area is 99.1 Å². The van der Waals surface area contributed by atoms with Crippen molar-refractivity contribution in [3.8, 4) is 0 Å². The van der Waals surface area contributed by atoms with Gasteiger partial charge in [0.05, 0.1) is 0 Å². The van der Waals surface area contributed by atoms with Crippen LogP contribution in [0.4, 0.5) is 0 Å². The van der Waals surface area contributed by atoms with E-state index in [2.05, 4.69) is 5.43 Å². The summed E-state index contributed by atoms with van der Waals surface area (Å²) < 4.78 is 0. The molecule has 0 aliphatic rings. The van der Waals surface area contributed by atoms with Gasteiger partial charge in [-0.1, -0.05) is 44.9 Å². The lowest BCUT2D eigenvalue weighted by Gasteiger charge is -2.02. The van der Waals surface area contributed by atoms with E-state index in [-0.39, 0.29) is 5.91 Å². The van der Waals surface area contributed by atoms with Gasteiger partial charge in [-0.05, 0) is 12.8 Å². The Kier molecular flexibility index (Phi) is 12.0. The van der Waals surface area contributed by atoms with E-state index in [4.69, 9.17) is 11.6 Å². The first-order chi connectivity index (χ1) is 7.77.